The molecule has 0 saturated carbocycles. The number of halogens is 2. The lowest BCUT2D eigenvalue weighted by Crippen LogP contribution is -2.35. The molecule has 100 valence electrons. The standard InChI is InChI=1S/C11H15F2N3OS/c1-2-7(10(14)16-17)15-8-5-3-4-6-9(8)18-11(12)13/h3-7,11,15,17H,2H2,1H3,(H2,14,16). The minimum Gasteiger partial charge on any atom is -0.409 e. The van der Waals surface area contributed by atoms with E-state index < -0.39 is 11.8 Å². The average molecular weight is 275 g/mol. The number of alkyl halides is 2. The predicted molar refractivity (Wildman–Crippen MR) is 69.4 cm³/mol. The van der Waals surface area contributed by atoms with E-state index in [0.29, 0.717) is 28.8 Å². The normalized spacial score (nSPS) is 13.7. The zero-order valence-corrected chi connectivity index (χ0v) is 10.6. The third kappa shape index (κ3) is 4.06. The van der Waals surface area contributed by atoms with Gasteiger partial charge in [-0.2, -0.15) is 8.78 Å². The number of para-hydroxylation sites is 1. The van der Waals surface area contributed by atoms with Crippen molar-refractivity contribution in [3.05, 3.63) is 24.3 Å². The van der Waals surface area contributed by atoms with E-state index in [-0.39, 0.29) is 5.84 Å². The van der Waals surface area contributed by atoms with E-state index in [9.17, 15) is 8.78 Å². The Morgan fingerprint density at radius 3 is 2.72 bits per heavy atom. The number of hydrogen-bond donors (Lipinski definition) is 3. The van der Waals surface area contributed by atoms with Crippen molar-refractivity contribution in [3.8, 4) is 0 Å². The summed E-state index contributed by atoms with van der Waals surface area (Å²) in [5, 5.41) is 14.5. The molecule has 4 nitrogen and oxygen atoms in total. The molecule has 0 aromatic heterocycles. The second-order valence-electron chi connectivity index (χ2n) is 3.50. The molecule has 0 saturated heterocycles. The van der Waals surface area contributed by atoms with E-state index >= 15 is 0 Å². The van der Waals surface area contributed by atoms with Gasteiger partial charge in [-0.1, -0.05) is 36.0 Å². The lowest BCUT2D eigenvalue weighted by molar-refractivity contribution is 0.252. The number of hydrogen-bond acceptors (Lipinski definition) is 4. The highest BCUT2D eigenvalue weighted by Crippen LogP contribution is 2.32. The lowest BCUT2D eigenvalue weighted by Gasteiger charge is -2.18. The fraction of sp³-hybridized carbons (Fsp3) is 0.364. The Balaban J connectivity index is 2.88. The number of nitrogens with two attached hydrogens (primary N) is 1. The molecule has 0 heterocycles. The lowest BCUT2D eigenvalue weighted by atomic mass is 10.2. The van der Waals surface area contributed by atoms with Crippen LogP contribution in [0.4, 0.5) is 14.5 Å². The summed E-state index contributed by atoms with van der Waals surface area (Å²) in [6.45, 7) is 1.85. The highest BCUT2D eigenvalue weighted by Gasteiger charge is 2.15. The highest BCUT2D eigenvalue weighted by atomic mass is 32.2. The molecule has 1 aromatic rings. The quantitative estimate of drug-likeness (QED) is 0.245. The number of rotatable bonds is 6. The summed E-state index contributed by atoms with van der Waals surface area (Å²) in [6, 6.07) is 6.29. The number of nitrogens with one attached hydrogen (secondary N) is 1. The third-order valence-corrected chi connectivity index (χ3v) is 3.10. The number of benzene rings is 1. The molecule has 0 bridgehead atoms. The van der Waals surface area contributed by atoms with Crippen LogP contribution >= 0.6 is 11.8 Å². The van der Waals surface area contributed by atoms with Gasteiger partial charge in [-0.25, -0.2) is 0 Å². The number of anilines is 1. The van der Waals surface area contributed by atoms with Gasteiger partial charge in [0, 0.05) is 10.6 Å². The first-order chi connectivity index (χ1) is 8.58. The minimum absolute atomic E-state index is 0.0225. The zero-order valence-electron chi connectivity index (χ0n) is 9.81. The van der Waals surface area contributed by atoms with Crippen LogP contribution in [0.2, 0.25) is 0 Å². The van der Waals surface area contributed by atoms with Crippen molar-refractivity contribution >= 4 is 23.3 Å². The van der Waals surface area contributed by atoms with Crippen molar-refractivity contribution in [2.75, 3.05) is 5.32 Å². The summed E-state index contributed by atoms with van der Waals surface area (Å²) in [6.07, 6.45) is 0.573. The van der Waals surface area contributed by atoms with Crippen LogP contribution in [0.1, 0.15) is 13.3 Å². The summed E-state index contributed by atoms with van der Waals surface area (Å²) in [7, 11) is 0. The van der Waals surface area contributed by atoms with Gasteiger partial charge in [-0.3, -0.25) is 0 Å². The monoisotopic (exact) mass is 275 g/mol. The van der Waals surface area contributed by atoms with Crippen LogP contribution in [0.25, 0.3) is 0 Å². The SMILES string of the molecule is CCC(Nc1ccccc1SC(F)F)C(N)=NO. The molecule has 1 aromatic carbocycles. The predicted octanol–water partition coefficient (Wildman–Crippen LogP) is 2.94. The number of amidine groups is 1. The Morgan fingerprint density at radius 1 is 1.50 bits per heavy atom. The molecule has 0 radical (unpaired) electrons. The summed E-state index contributed by atoms with van der Waals surface area (Å²) >= 11 is 0.458. The Bertz CT molecular complexity index is 415. The van der Waals surface area contributed by atoms with Crippen LogP contribution < -0.4 is 11.1 Å². The van der Waals surface area contributed by atoms with Gasteiger partial charge in [0.25, 0.3) is 5.76 Å². The molecule has 0 spiro atoms. The van der Waals surface area contributed by atoms with Gasteiger partial charge in [-0.05, 0) is 18.6 Å². The third-order valence-electron chi connectivity index (χ3n) is 2.31. The molecule has 0 amide bonds. The van der Waals surface area contributed by atoms with E-state index in [1.807, 2.05) is 6.92 Å². The smallest absolute Gasteiger partial charge is 0.288 e. The second kappa shape index (κ2) is 7.05. The van der Waals surface area contributed by atoms with Crippen molar-refractivity contribution in [2.45, 2.75) is 30.0 Å². The van der Waals surface area contributed by atoms with Gasteiger partial charge < -0.3 is 16.3 Å². The zero-order chi connectivity index (χ0) is 13.5. The van der Waals surface area contributed by atoms with Crippen molar-refractivity contribution in [2.24, 2.45) is 10.9 Å². The van der Waals surface area contributed by atoms with Crippen molar-refractivity contribution in [3.63, 3.8) is 0 Å². The Kier molecular flexibility index (Phi) is 5.70. The van der Waals surface area contributed by atoms with Gasteiger partial charge >= 0.3 is 0 Å². The molecule has 1 rings (SSSR count). The van der Waals surface area contributed by atoms with Crippen LogP contribution in [-0.4, -0.2) is 22.8 Å². The van der Waals surface area contributed by atoms with Crippen LogP contribution in [0, 0.1) is 0 Å². The van der Waals surface area contributed by atoms with Gasteiger partial charge in [-0.15, -0.1) is 0 Å². The minimum atomic E-state index is -2.49. The molecule has 0 aliphatic rings. The first-order valence-electron chi connectivity index (χ1n) is 5.36. The maximum absolute atomic E-state index is 12.4. The summed E-state index contributed by atoms with van der Waals surface area (Å²) in [5.41, 5.74) is 6.05. The van der Waals surface area contributed by atoms with Crippen LogP contribution in [0.3, 0.4) is 0 Å². The second-order valence-corrected chi connectivity index (χ2v) is 4.54. The van der Waals surface area contributed by atoms with Gasteiger partial charge in [0.2, 0.25) is 0 Å². The summed E-state index contributed by atoms with van der Waals surface area (Å²) < 4.78 is 24.8. The molecule has 7 heteroatoms. The number of oxime groups is 1. The summed E-state index contributed by atoms with van der Waals surface area (Å²) in [4.78, 5) is 0.427. The molecule has 0 aliphatic heterocycles. The van der Waals surface area contributed by atoms with Gasteiger partial charge in [0.05, 0.1) is 6.04 Å². The molecule has 0 fully saturated rings. The first-order valence-corrected chi connectivity index (χ1v) is 6.24. The maximum Gasteiger partial charge on any atom is 0.288 e. The molecule has 1 unspecified atom stereocenters. The van der Waals surface area contributed by atoms with Crippen LogP contribution in [0.5, 0.6) is 0 Å². The van der Waals surface area contributed by atoms with Crippen molar-refractivity contribution in [1.82, 2.24) is 0 Å². The van der Waals surface area contributed by atoms with E-state index in [1.165, 1.54) is 0 Å². The molecule has 18 heavy (non-hydrogen) atoms. The average Bonchev–Trinajstić information content (AvgIpc) is 2.36. The Labute approximate surface area is 108 Å². The number of nitrogens with zero attached hydrogens (tertiary/aromatic N) is 1. The first kappa shape index (κ1) is 14.6. The van der Waals surface area contributed by atoms with Crippen LogP contribution in [-0.2, 0) is 0 Å². The van der Waals surface area contributed by atoms with Crippen LogP contribution in [0.15, 0.2) is 34.3 Å². The van der Waals surface area contributed by atoms with E-state index in [2.05, 4.69) is 10.5 Å². The fourth-order valence-corrected chi connectivity index (χ4v) is 2.03. The number of thioether (sulfide) groups is 1. The fourth-order valence-electron chi connectivity index (χ4n) is 1.43. The largest absolute Gasteiger partial charge is 0.409 e. The van der Waals surface area contributed by atoms with Gasteiger partial charge in [0.1, 0.15) is 0 Å². The van der Waals surface area contributed by atoms with E-state index in [4.69, 9.17) is 10.9 Å². The Morgan fingerprint density at radius 2 is 2.17 bits per heavy atom. The highest BCUT2D eigenvalue weighted by molar-refractivity contribution is 7.99. The molecular weight excluding hydrogens is 260 g/mol. The Hall–Kier alpha value is -1.50. The topological polar surface area (TPSA) is 70.6 Å². The maximum atomic E-state index is 12.4. The van der Waals surface area contributed by atoms with E-state index in [1.54, 1.807) is 24.3 Å². The molecule has 4 N–H and O–H groups in total. The molecule has 1 atom stereocenters. The van der Waals surface area contributed by atoms with Crippen molar-refractivity contribution in [1.29, 1.82) is 0 Å². The molecular formula is C11H15F2N3OS. The molecule has 0 aliphatic carbocycles. The van der Waals surface area contributed by atoms with E-state index in [0.717, 1.165) is 0 Å². The summed E-state index contributed by atoms with van der Waals surface area (Å²) in [5.74, 6) is -2.47. The van der Waals surface area contributed by atoms with Crippen molar-refractivity contribution < 1.29 is 14.0 Å². The van der Waals surface area contributed by atoms with Gasteiger partial charge in [0.15, 0.2) is 5.84 Å².